The summed E-state index contributed by atoms with van der Waals surface area (Å²) in [5.74, 6) is 1.50. The third-order valence-electron chi connectivity index (χ3n) is 2.86. The van der Waals surface area contributed by atoms with Crippen molar-refractivity contribution in [2.45, 2.75) is 26.8 Å². The van der Waals surface area contributed by atoms with Crippen LogP contribution in [-0.4, -0.2) is 4.98 Å². The lowest BCUT2D eigenvalue weighted by Crippen LogP contribution is -2.01. The molecule has 0 spiro atoms. The molecule has 0 aliphatic rings. The van der Waals surface area contributed by atoms with Crippen LogP contribution in [0.2, 0.25) is 5.15 Å². The van der Waals surface area contributed by atoms with Crippen LogP contribution in [0.4, 0.5) is 5.82 Å². The van der Waals surface area contributed by atoms with Gasteiger partial charge in [-0.15, -0.1) is 0 Å². The van der Waals surface area contributed by atoms with E-state index >= 15 is 0 Å². The second-order valence-electron chi connectivity index (χ2n) is 5.11. The quantitative estimate of drug-likeness (QED) is 0.810. The number of hydrogen-bond donors (Lipinski definition) is 1. The first-order valence-corrected chi connectivity index (χ1v) is 6.95. The van der Waals surface area contributed by atoms with Gasteiger partial charge >= 0.3 is 0 Å². The molecule has 0 radical (unpaired) electrons. The SMILES string of the molecule is CC(C)Cc1ccc(CNc2cccc(Cl)n2)cc1. The van der Waals surface area contributed by atoms with Gasteiger partial charge in [0.05, 0.1) is 0 Å². The van der Waals surface area contributed by atoms with Crippen LogP contribution in [0.1, 0.15) is 25.0 Å². The minimum Gasteiger partial charge on any atom is -0.366 e. The molecule has 100 valence electrons. The van der Waals surface area contributed by atoms with Gasteiger partial charge in [0.1, 0.15) is 11.0 Å². The summed E-state index contributed by atoms with van der Waals surface area (Å²) in [5, 5.41) is 3.78. The highest BCUT2D eigenvalue weighted by molar-refractivity contribution is 6.29. The first-order chi connectivity index (χ1) is 9.13. The first-order valence-electron chi connectivity index (χ1n) is 6.58. The van der Waals surface area contributed by atoms with Crippen LogP contribution in [-0.2, 0) is 13.0 Å². The zero-order valence-corrected chi connectivity index (χ0v) is 12.1. The molecule has 0 unspecified atom stereocenters. The lowest BCUT2D eigenvalue weighted by atomic mass is 10.0. The van der Waals surface area contributed by atoms with Crippen molar-refractivity contribution < 1.29 is 0 Å². The molecule has 0 saturated carbocycles. The number of nitrogens with one attached hydrogen (secondary N) is 1. The third kappa shape index (κ3) is 4.56. The summed E-state index contributed by atoms with van der Waals surface area (Å²) in [6.07, 6.45) is 1.13. The first kappa shape index (κ1) is 13.9. The van der Waals surface area contributed by atoms with Crippen molar-refractivity contribution >= 4 is 17.4 Å². The highest BCUT2D eigenvalue weighted by Crippen LogP contribution is 2.13. The number of halogens is 1. The normalized spacial score (nSPS) is 10.7. The van der Waals surface area contributed by atoms with Crippen molar-refractivity contribution in [1.29, 1.82) is 0 Å². The second kappa shape index (κ2) is 6.58. The Bertz CT molecular complexity index is 521. The summed E-state index contributed by atoms with van der Waals surface area (Å²) in [6.45, 7) is 5.23. The highest BCUT2D eigenvalue weighted by Gasteiger charge is 1.99. The van der Waals surface area contributed by atoms with E-state index in [0.717, 1.165) is 18.8 Å². The molecule has 2 rings (SSSR count). The minimum atomic E-state index is 0.511. The Hall–Kier alpha value is -1.54. The average molecular weight is 275 g/mol. The van der Waals surface area contributed by atoms with Gasteiger partial charge in [-0.1, -0.05) is 55.8 Å². The van der Waals surface area contributed by atoms with E-state index in [-0.39, 0.29) is 0 Å². The van der Waals surface area contributed by atoms with Gasteiger partial charge in [-0.2, -0.15) is 0 Å². The summed E-state index contributed by atoms with van der Waals surface area (Å²) in [4.78, 5) is 4.20. The van der Waals surface area contributed by atoms with Gasteiger partial charge < -0.3 is 5.32 Å². The maximum absolute atomic E-state index is 5.84. The molecule has 1 aromatic carbocycles. The van der Waals surface area contributed by atoms with Gasteiger partial charge in [0.2, 0.25) is 0 Å². The summed E-state index contributed by atoms with van der Waals surface area (Å²) in [5.41, 5.74) is 2.63. The number of hydrogen-bond acceptors (Lipinski definition) is 2. The van der Waals surface area contributed by atoms with Gasteiger partial charge in [0, 0.05) is 6.54 Å². The minimum absolute atomic E-state index is 0.511. The fourth-order valence-electron chi connectivity index (χ4n) is 1.96. The maximum atomic E-state index is 5.84. The van der Waals surface area contributed by atoms with E-state index in [9.17, 15) is 0 Å². The van der Waals surface area contributed by atoms with E-state index in [1.807, 2.05) is 12.1 Å². The zero-order valence-electron chi connectivity index (χ0n) is 11.4. The Kier molecular flexibility index (Phi) is 4.80. The Labute approximate surface area is 119 Å². The Morgan fingerprint density at radius 2 is 1.74 bits per heavy atom. The van der Waals surface area contributed by atoms with Gasteiger partial charge in [-0.3, -0.25) is 0 Å². The second-order valence-corrected chi connectivity index (χ2v) is 5.50. The van der Waals surface area contributed by atoms with E-state index in [4.69, 9.17) is 11.6 Å². The predicted octanol–water partition coefficient (Wildman–Crippen LogP) is 4.55. The molecule has 2 nitrogen and oxygen atoms in total. The van der Waals surface area contributed by atoms with Crippen molar-refractivity contribution in [3.63, 3.8) is 0 Å². The lowest BCUT2D eigenvalue weighted by molar-refractivity contribution is 0.647. The Morgan fingerprint density at radius 1 is 1.05 bits per heavy atom. The molecule has 1 N–H and O–H groups in total. The molecule has 0 aliphatic heterocycles. The van der Waals surface area contributed by atoms with E-state index in [0.29, 0.717) is 11.1 Å². The number of pyridine rings is 1. The largest absolute Gasteiger partial charge is 0.366 e. The lowest BCUT2D eigenvalue weighted by Gasteiger charge is -2.08. The van der Waals surface area contributed by atoms with E-state index < -0.39 is 0 Å². The monoisotopic (exact) mass is 274 g/mol. The van der Waals surface area contributed by atoms with Crippen molar-refractivity contribution in [3.05, 3.63) is 58.7 Å². The molecular weight excluding hydrogens is 256 g/mol. The van der Waals surface area contributed by atoms with Crippen LogP contribution >= 0.6 is 11.6 Å². The smallest absolute Gasteiger partial charge is 0.131 e. The Balaban J connectivity index is 1.93. The third-order valence-corrected chi connectivity index (χ3v) is 3.07. The van der Waals surface area contributed by atoms with Gasteiger partial charge in [0.15, 0.2) is 0 Å². The van der Waals surface area contributed by atoms with Gasteiger partial charge in [0.25, 0.3) is 0 Å². The Morgan fingerprint density at radius 3 is 2.37 bits per heavy atom. The number of nitrogens with zero attached hydrogens (tertiary/aromatic N) is 1. The van der Waals surface area contributed by atoms with Gasteiger partial charge in [-0.25, -0.2) is 4.98 Å². The van der Waals surface area contributed by atoms with Crippen molar-refractivity contribution in [2.24, 2.45) is 5.92 Å². The van der Waals surface area contributed by atoms with Crippen molar-refractivity contribution in [1.82, 2.24) is 4.98 Å². The van der Waals surface area contributed by atoms with Crippen LogP contribution in [0.3, 0.4) is 0 Å². The van der Waals surface area contributed by atoms with Crippen LogP contribution in [0.15, 0.2) is 42.5 Å². The predicted molar refractivity (Wildman–Crippen MR) is 81.6 cm³/mol. The summed E-state index contributed by atoms with van der Waals surface area (Å²) in [7, 11) is 0. The molecule has 0 amide bonds. The topological polar surface area (TPSA) is 24.9 Å². The zero-order chi connectivity index (χ0) is 13.7. The maximum Gasteiger partial charge on any atom is 0.131 e. The molecule has 0 bridgehead atoms. The van der Waals surface area contributed by atoms with Gasteiger partial charge in [-0.05, 0) is 35.6 Å². The van der Waals surface area contributed by atoms with E-state index in [1.54, 1.807) is 6.07 Å². The number of benzene rings is 1. The molecule has 0 fully saturated rings. The molecule has 1 aromatic heterocycles. The summed E-state index contributed by atoms with van der Waals surface area (Å²) < 4.78 is 0. The molecule has 19 heavy (non-hydrogen) atoms. The number of aromatic nitrogens is 1. The van der Waals surface area contributed by atoms with Crippen LogP contribution in [0.25, 0.3) is 0 Å². The van der Waals surface area contributed by atoms with Crippen LogP contribution in [0, 0.1) is 5.92 Å². The van der Waals surface area contributed by atoms with Crippen LogP contribution in [0.5, 0.6) is 0 Å². The number of rotatable bonds is 5. The van der Waals surface area contributed by atoms with Crippen molar-refractivity contribution in [2.75, 3.05) is 5.32 Å². The highest BCUT2D eigenvalue weighted by atomic mass is 35.5. The molecule has 0 saturated heterocycles. The molecule has 1 heterocycles. The molecular formula is C16H19ClN2. The molecule has 3 heteroatoms. The fourth-order valence-corrected chi connectivity index (χ4v) is 2.13. The summed E-state index contributed by atoms with van der Waals surface area (Å²) in [6, 6.07) is 14.3. The summed E-state index contributed by atoms with van der Waals surface area (Å²) >= 11 is 5.84. The van der Waals surface area contributed by atoms with E-state index in [2.05, 4.69) is 48.4 Å². The molecule has 0 atom stereocenters. The molecule has 0 aliphatic carbocycles. The number of anilines is 1. The average Bonchev–Trinajstić information content (AvgIpc) is 2.37. The van der Waals surface area contributed by atoms with E-state index in [1.165, 1.54) is 11.1 Å². The van der Waals surface area contributed by atoms with Crippen molar-refractivity contribution in [3.8, 4) is 0 Å². The molecule has 2 aromatic rings. The van der Waals surface area contributed by atoms with Crippen LogP contribution < -0.4 is 5.32 Å². The standard InChI is InChI=1S/C16H19ClN2/c1-12(2)10-13-6-8-14(9-7-13)11-18-16-5-3-4-15(17)19-16/h3-9,12H,10-11H2,1-2H3,(H,18,19). The fraction of sp³-hybridized carbons (Fsp3) is 0.312.